The average molecular weight is 250 g/mol. The summed E-state index contributed by atoms with van der Waals surface area (Å²) >= 11 is 0. The van der Waals surface area contributed by atoms with Gasteiger partial charge in [0.2, 0.25) is 0 Å². The monoisotopic (exact) mass is 250 g/mol. The summed E-state index contributed by atoms with van der Waals surface area (Å²) in [7, 11) is -2.28. The molecule has 0 saturated heterocycles. The van der Waals surface area contributed by atoms with Gasteiger partial charge < -0.3 is 25.4 Å². The van der Waals surface area contributed by atoms with E-state index in [1.54, 1.807) is 0 Å². The van der Waals surface area contributed by atoms with E-state index in [2.05, 4.69) is 0 Å². The van der Waals surface area contributed by atoms with E-state index in [0.29, 0.717) is 0 Å². The Balaban J connectivity index is -0.000000180. The van der Waals surface area contributed by atoms with Gasteiger partial charge in [0, 0.05) is 0 Å². The van der Waals surface area contributed by atoms with Crippen LogP contribution < -0.4 is 109 Å². The Hall–Kier alpha value is 1.63. The molecule has 0 aliphatic heterocycles. The van der Waals surface area contributed by atoms with Crippen molar-refractivity contribution in [2.24, 2.45) is 0 Å². The summed E-state index contributed by atoms with van der Waals surface area (Å²) in [6, 6.07) is 5.23. The number of hydrogen-bond donors (Lipinski definition) is 0. The molecule has 0 aliphatic rings. The molecule has 0 unspecified atom stereocenters. The predicted molar refractivity (Wildman–Crippen MR) is 39.8 cm³/mol. The molecule has 1 aromatic carbocycles. The molecule has 1 rings (SSSR count). The normalized spacial score (nSPS) is 7.12. The fraction of sp³-hybridized carbons (Fsp3) is 0. The molecule has 9 heteroatoms. The Morgan fingerprint density at radius 3 is 1.81 bits per heavy atom. The first-order valence-electron chi connectivity index (χ1n) is 3.25. The van der Waals surface area contributed by atoms with E-state index in [1.165, 1.54) is 24.3 Å². The second kappa shape index (κ2) is 13.1. The summed E-state index contributed by atoms with van der Waals surface area (Å²) in [5.74, 6) is -1.50. The summed E-state index contributed by atoms with van der Waals surface area (Å²) in [4.78, 5) is 10.3. The molecule has 0 aliphatic carbocycles. The van der Waals surface area contributed by atoms with Gasteiger partial charge in [-0.25, -0.2) is 0 Å². The smallest absolute Gasteiger partial charge is 0.889 e. The third-order valence-corrected chi connectivity index (χ3v) is 1.43. The Bertz CT molecular complexity index is 310. The van der Waals surface area contributed by atoms with Crippen LogP contribution in [0, 0.1) is 0 Å². The van der Waals surface area contributed by atoms with E-state index in [9.17, 15) is 19.9 Å². The minimum atomic E-state index is -2.28. The molecule has 0 fully saturated rings. The maximum Gasteiger partial charge on any atom is 1.00 e. The number of carbonyl (C=O) groups is 1. The zero-order chi connectivity index (χ0) is 9.14. The van der Waals surface area contributed by atoms with E-state index in [4.69, 9.17) is 0 Å². The van der Waals surface area contributed by atoms with E-state index < -0.39 is 13.1 Å². The molecule has 0 amide bonds. The fourth-order valence-corrected chi connectivity index (χ4v) is 0.888. The number of carbonyl (C=O) groups excluding carboxylic acids is 1. The molecule has 0 saturated carbocycles. The molecule has 0 spiro atoms. The Labute approximate surface area is 160 Å². The second-order valence-corrected chi connectivity index (χ2v) is 2.21. The number of aromatic carboxylic acids is 1. The maximum atomic E-state index is 10.4. The molecule has 0 aromatic heterocycles. The van der Waals surface area contributed by atoms with E-state index in [1.807, 2.05) is 0 Å². The van der Waals surface area contributed by atoms with Gasteiger partial charge >= 0.3 is 88.7 Å². The van der Waals surface area contributed by atoms with Gasteiger partial charge in [0.15, 0.2) is 0 Å². The van der Waals surface area contributed by atoms with E-state index >= 15 is 0 Å². The predicted octanol–water partition coefficient (Wildman–Crippen LogP) is -13.3. The molecule has 0 atom stereocenters. The summed E-state index contributed by atoms with van der Waals surface area (Å²) in [5.41, 5.74) is -0.606. The molecule has 1 aromatic rings. The van der Waals surface area contributed by atoms with Gasteiger partial charge in [0.25, 0.3) is 0 Å². The van der Waals surface area contributed by atoms with Crippen LogP contribution in [0.3, 0.4) is 0 Å². The number of carboxylic acids is 1. The van der Waals surface area contributed by atoms with Crippen LogP contribution in [0.2, 0.25) is 0 Å². The zero-order valence-corrected chi connectivity index (χ0v) is 15.5. The minimum absolute atomic E-state index is 0. The van der Waals surface area contributed by atoms with Crippen molar-refractivity contribution >= 4 is 18.6 Å². The Morgan fingerprint density at radius 2 is 1.50 bits per heavy atom. The second-order valence-electron chi connectivity index (χ2n) is 2.21. The van der Waals surface area contributed by atoms with Crippen molar-refractivity contribution in [3.63, 3.8) is 0 Å². The van der Waals surface area contributed by atoms with E-state index in [-0.39, 0.29) is 105 Å². The van der Waals surface area contributed by atoms with Gasteiger partial charge in [0.1, 0.15) is 0 Å². The van der Waals surface area contributed by atoms with Gasteiger partial charge in [-0.1, -0.05) is 31.4 Å². The molecular weight excluding hydrogens is 244 g/mol. The summed E-state index contributed by atoms with van der Waals surface area (Å²) in [6.07, 6.45) is 0. The van der Waals surface area contributed by atoms with Crippen LogP contribution in [-0.2, 0) is 0 Å². The summed E-state index contributed by atoms with van der Waals surface area (Å²) < 4.78 is 0. The van der Waals surface area contributed by atoms with Crippen LogP contribution in [0.4, 0.5) is 0 Å². The van der Waals surface area contributed by atoms with Gasteiger partial charge in [-0.3, -0.25) is 0 Å². The molecule has 2 N–H and O–H groups in total. The standard InChI is InChI=1S/C7H5BO4.3Na.H2O/c9-7(10)5-3-1-2-4-6(5)8(11)12;;;;/h1-4H,(H,9,10);;;;1H2/q-2;3*+1;/p-1. The van der Waals surface area contributed by atoms with E-state index in [0.717, 1.165) is 0 Å². The number of rotatable bonds is 2. The minimum Gasteiger partial charge on any atom is -0.889 e. The largest absolute Gasteiger partial charge is 1.00 e. The third kappa shape index (κ3) is 7.86. The molecule has 0 radical (unpaired) electrons. The quantitative estimate of drug-likeness (QED) is 0.484. The molecule has 0 bridgehead atoms. The van der Waals surface area contributed by atoms with Crippen LogP contribution >= 0.6 is 0 Å². The maximum absolute atomic E-state index is 10.4. The van der Waals surface area contributed by atoms with Crippen LogP contribution in [0.25, 0.3) is 0 Å². The first-order chi connectivity index (χ1) is 5.63. The average Bonchev–Trinajstić information content (AvgIpc) is 2.04. The summed E-state index contributed by atoms with van der Waals surface area (Å²) in [6.45, 7) is 0. The van der Waals surface area contributed by atoms with Gasteiger partial charge in [0.05, 0.1) is 5.97 Å². The topological polar surface area (TPSA) is 118 Å². The van der Waals surface area contributed by atoms with Crippen LogP contribution in [0.15, 0.2) is 24.3 Å². The van der Waals surface area contributed by atoms with Gasteiger partial charge in [-0.15, -0.1) is 5.46 Å². The Morgan fingerprint density at radius 1 is 1.06 bits per heavy atom. The van der Waals surface area contributed by atoms with Crippen molar-refractivity contribution in [1.82, 2.24) is 0 Å². The number of hydrogen-bond acceptors (Lipinski definition) is 4. The SMILES string of the molecule is O.O=C([O-])c1ccccc1B([O-])[O-].[Na+].[Na+].[Na+]. The van der Waals surface area contributed by atoms with Gasteiger partial charge in [-0.05, 0) is 5.56 Å². The van der Waals surface area contributed by atoms with Crippen LogP contribution in [0.1, 0.15) is 10.4 Å². The molecular formula is C7H6BNa3O5. The zero-order valence-electron chi connectivity index (χ0n) is 9.52. The molecule has 16 heavy (non-hydrogen) atoms. The van der Waals surface area contributed by atoms with Crippen molar-refractivity contribution < 1.29 is 114 Å². The van der Waals surface area contributed by atoms with Crippen molar-refractivity contribution in [2.45, 2.75) is 0 Å². The number of carboxylic acid groups (broad SMARTS) is 1. The fourth-order valence-electron chi connectivity index (χ4n) is 0.888. The van der Waals surface area contributed by atoms with Crippen molar-refractivity contribution in [3.8, 4) is 0 Å². The first-order valence-corrected chi connectivity index (χ1v) is 3.25. The van der Waals surface area contributed by atoms with Crippen molar-refractivity contribution in [2.75, 3.05) is 0 Å². The van der Waals surface area contributed by atoms with Gasteiger partial charge in [-0.2, -0.15) is 0 Å². The summed E-state index contributed by atoms with van der Waals surface area (Å²) in [5, 5.41) is 31.2. The first kappa shape index (κ1) is 26.2. The van der Waals surface area contributed by atoms with Crippen LogP contribution in [-0.4, -0.2) is 18.6 Å². The van der Waals surface area contributed by atoms with Crippen LogP contribution in [0.5, 0.6) is 0 Å². The molecule has 5 nitrogen and oxygen atoms in total. The number of benzene rings is 1. The van der Waals surface area contributed by atoms with Crippen molar-refractivity contribution in [3.05, 3.63) is 29.8 Å². The Kier molecular flexibility index (Phi) is 21.5. The third-order valence-electron chi connectivity index (χ3n) is 1.43. The molecule has 70 valence electrons. The molecule has 0 heterocycles. The van der Waals surface area contributed by atoms with Crippen molar-refractivity contribution in [1.29, 1.82) is 0 Å².